The molecule has 0 aliphatic rings. The number of halogens is 2. The van der Waals surface area contributed by atoms with Crippen molar-refractivity contribution in [2.45, 2.75) is 19.5 Å². The number of hydrogen-bond acceptors (Lipinski definition) is 6. The second-order valence-corrected chi connectivity index (χ2v) is 6.69. The van der Waals surface area contributed by atoms with Crippen LogP contribution in [0.5, 0.6) is 11.5 Å². The molecule has 0 radical (unpaired) electrons. The van der Waals surface area contributed by atoms with E-state index in [1.807, 2.05) is 31.2 Å². The summed E-state index contributed by atoms with van der Waals surface area (Å²) in [6.45, 7) is 2.39. The highest BCUT2D eigenvalue weighted by Gasteiger charge is 2.16. The number of ether oxygens (including phenoxy) is 2. The highest BCUT2D eigenvalue weighted by molar-refractivity contribution is 6.35. The first kappa shape index (κ1) is 19.5. The number of nitrogens with one attached hydrogen (secondary N) is 1. The van der Waals surface area contributed by atoms with Gasteiger partial charge in [0.15, 0.2) is 0 Å². The van der Waals surface area contributed by atoms with Crippen LogP contribution in [0.2, 0.25) is 10.0 Å². The topological polar surface area (TPSA) is 69.4 Å². The molecule has 0 aliphatic heterocycles. The molecule has 0 fully saturated rings. The van der Waals surface area contributed by atoms with E-state index in [1.165, 1.54) is 0 Å². The van der Waals surface area contributed by atoms with Gasteiger partial charge in [-0.2, -0.15) is 4.98 Å². The quantitative estimate of drug-likeness (QED) is 0.599. The van der Waals surface area contributed by atoms with E-state index < -0.39 is 0 Å². The van der Waals surface area contributed by atoms with Crippen molar-refractivity contribution in [1.82, 2.24) is 15.5 Å². The van der Waals surface area contributed by atoms with E-state index in [1.54, 1.807) is 26.4 Å². The fraction of sp³-hybridized carbons (Fsp3) is 0.263. The molecule has 0 aliphatic carbocycles. The molecule has 3 aromatic rings. The molecular formula is C19H19Cl2N3O3. The van der Waals surface area contributed by atoms with E-state index in [0.717, 1.165) is 11.1 Å². The van der Waals surface area contributed by atoms with Gasteiger partial charge in [0.2, 0.25) is 11.7 Å². The van der Waals surface area contributed by atoms with Crippen molar-refractivity contribution >= 4 is 23.2 Å². The maximum absolute atomic E-state index is 6.25. The van der Waals surface area contributed by atoms with Crippen molar-refractivity contribution in [3.63, 3.8) is 0 Å². The number of aromatic nitrogens is 2. The first-order valence-corrected chi connectivity index (χ1v) is 9.00. The summed E-state index contributed by atoms with van der Waals surface area (Å²) in [4.78, 5) is 4.43. The van der Waals surface area contributed by atoms with E-state index in [0.29, 0.717) is 39.8 Å². The Balaban J connectivity index is 1.71. The fourth-order valence-corrected chi connectivity index (χ4v) is 3.19. The van der Waals surface area contributed by atoms with Crippen LogP contribution >= 0.6 is 23.2 Å². The third-order valence-electron chi connectivity index (χ3n) is 4.11. The van der Waals surface area contributed by atoms with Gasteiger partial charge < -0.3 is 19.3 Å². The normalized spacial score (nSPS) is 12.0. The Kier molecular flexibility index (Phi) is 6.21. The lowest BCUT2D eigenvalue weighted by atomic mass is 10.1. The molecule has 27 heavy (non-hydrogen) atoms. The summed E-state index contributed by atoms with van der Waals surface area (Å²) in [7, 11) is 3.18. The largest absolute Gasteiger partial charge is 0.497 e. The summed E-state index contributed by atoms with van der Waals surface area (Å²) >= 11 is 12.2. The van der Waals surface area contributed by atoms with Gasteiger partial charge in [-0.3, -0.25) is 0 Å². The van der Waals surface area contributed by atoms with Crippen LogP contribution in [0.4, 0.5) is 0 Å². The van der Waals surface area contributed by atoms with Gasteiger partial charge in [-0.05, 0) is 36.8 Å². The van der Waals surface area contributed by atoms with Crippen molar-refractivity contribution in [2.75, 3.05) is 14.2 Å². The summed E-state index contributed by atoms with van der Waals surface area (Å²) in [5.74, 6) is 2.20. The molecule has 0 spiro atoms. The van der Waals surface area contributed by atoms with E-state index in [-0.39, 0.29) is 6.04 Å². The zero-order chi connectivity index (χ0) is 19.4. The molecule has 8 heteroatoms. The predicted molar refractivity (Wildman–Crippen MR) is 105 cm³/mol. The van der Waals surface area contributed by atoms with Crippen molar-refractivity contribution < 1.29 is 14.0 Å². The molecular weight excluding hydrogens is 389 g/mol. The predicted octanol–water partition coefficient (Wildman–Crippen LogP) is 4.91. The monoisotopic (exact) mass is 407 g/mol. The maximum Gasteiger partial charge on any atom is 0.240 e. The standard InChI is InChI=1S/C19H19Cl2N3O3/c1-11(14-6-4-12(20)8-16(14)21)22-10-18-23-19(24-27-18)15-7-5-13(25-2)9-17(15)26-3/h4-9,11,22H,10H2,1-3H3. The number of rotatable bonds is 7. The first-order valence-electron chi connectivity index (χ1n) is 8.25. The van der Waals surface area contributed by atoms with Gasteiger partial charge in [-0.1, -0.05) is 34.4 Å². The molecule has 0 amide bonds. The van der Waals surface area contributed by atoms with Crippen LogP contribution in [-0.4, -0.2) is 24.4 Å². The van der Waals surface area contributed by atoms with Gasteiger partial charge in [0.1, 0.15) is 11.5 Å². The Morgan fingerprint density at radius 3 is 2.63 bits per heavy atom. The first-order chi connectivity index (χ1) is 13.0. The molecule has 1 atom stereocenters. The minimum Gasteiger partial charge on any atom is -0.497 e. The van der Waals surface area contributed by atoms with Crippen molar-refractivity contribution in [3.8, 4) is 22.9 Å². The summed E-state index contributed by atoms with van der Waals surface area (Å²) in [5, 5.41) is 8.56. The Morgan fingerprint density at radius 1 is 1.11 bits per heavy atom. The van der Waals surface area contributed by atoms with Gasteiger partial charge in [0.05, 0.1) is 26.3 Å². The number of methoxy groups -OCH3 is 2. The zero-order valence-electron chi connectivity index (χ0n) is 15.1. The van der Waals surface area contributed by atoms with Gasteiger partial charge in [0, 0.05) is 22.2 Å². The number of hydrogen-bond donors (Lipinski definition) is 1. The van der Waals surface area contributed by atoms with Crippen molar-refractivity contribution in [1.29, 1.82) is 0 Å². The Labute approximate surface area is 167 Å². The molecule has 3 rings (SSSR count). The second kappa shape index (κ2) is 8.61. The van der Waals surface area contributed by atoms with Crippen LogP contribution < -0.4 is 14.8 Å². The van der Waals surface area contributed by atoms with Crippen LogP contribution in [0, 0.1) is 0 Å². The average molecular weight is 408 g/mol. The lowest BCUT2D eigenvalue weighted by Crippen LogP contribution is -2.18. The Hall–Kier alpha value is -2.28. The van der Waals surface area contributed by atoms with Gasteiger partial charge in [-0.25, -0.2) is 0 Å². The van der Waals surface area contributed by atoms with Gasteiger partial charge in [0.25, 0.3) is 0 Å². The molecule has 2 aromatic carbocycles. The summed E-state index contributed by atoms with van der Waals surface area (Å²) in [6.07, 6.45) is 0. The van der Waals surface area contributed by atoms with Crippen LogP contribution in [0.3, 0.4) is 0 Å². The fourth-order valence-electron chi connectivity index (χ4n) is 2.62. The van der Waals surface area contributed by atoms with E-state index in [2.05, 4.69) is 15.5 Å². The average Bonchev–Trinajstić information content (AvgIpc) is 3.14. The molecule has 142 valence electrons. The number of benzene rings is 2. The molecule has 1 heterocycles. The Morgan fingerprint density at radius 2 is 1.93 bits per heavy atom. The van der Waals surface area contributed by atoms with E-state index >= 15 is 0 Å². The van der Waals surface area contributed by atoms with Crippen LogP contribution in [0.15, 0.2) is 40.9 Å². The van der Waals surface area contributed by atoms with Crippen LogP contribution in [0.1, 0.15) is 24.4 Å². The summed E-state index contributed by atoms with van der Waals surface area (Å²) < 4.78 is 15.9. The van der Waals surface area contributed by atoms with Gasteiger partial charge in [-0.15, -0.1) is 0 Å². The minimum absolute atomic E-state index is 0.0133. The van der Waals surface area contributed by atoms with Crippen LogP contribution in [-0.2, 0) is 6.54 Å². The molecule has 1 aromatic heterocycles. The van der Waals surface area contributed by atoms with Crippen molar-refractivity contribution in [2.24, 2.45) is 0 Å². The maximum atomic E-state index is 6.25. The Bertz CT molecular complexity index is 930. The SMILES string of the molecule is COc1ccc(-c2noc(CNC(C)c3ccc(Cl)cc3Cl)n2)c(OC)c1. The highest BCUT2D eigenvalue weighted by atomic mass is 35.5. The lowest BCUT2D eigenvalue weighted by molar-refractivity contribution is 0.360. The van der Waals surface area contributed by atoms with Crippen LogP contribution in [0.25, 0.3) is 11.4 Å². The number of nitrogens with zero attached hydrogens (tertiary/aromatic N) is 2. The summed E-state index contributed by atoms with van der Waals surface area (Å²) in [5.41, 5.74) is 1.67. The van der Waals surface area contributed by atoms with E-state index in [4.69, 9.17) is 37.2 Å². The molecule has 1 unspecified atom stereocenters. The van der Waals surface area contributed by atoms with Gasteiger partial charge >= 0.3 is 0 Å². The molecule has 1 N–H and O–H groups in total. The second-order valence-electron chi connectivity index (χ2n) is 5.85. The lowest BCUT2D eigenvalue weighted by Gasteiger charge is -2.14. The molecule has 0 bridgehead atoms. The molecule has 0 saturated heterocycles. The smallest absolute Gasteiger partial charge is 0.240 e. The third kappa shape index (κ3) is 4.53. The zero-order valence-corrected chi connectivity index (χ0v) is 16.6. The van der Waals surface area contributed by atoms with Crippen molar-refractivity contribution in [3.05, 3.63) is 57.9 Å². The summed E-state index contributed by atoms with van der Waals surface area (Å²) in [6, 6.07) is 10.8. The van der Waals surface area contributed by atoms with E-state index in [9.17, 15) is 0 Å². The highest BCUT2D eigenvalue weighted by Crippen LogP contribution is 2.31. The molecule has 0 saturated carbocycles. The minimum atomic E-state index is -0.0133. The third-order valence-corrected chi connectivity index (χ3v) is 4.67. The molecule has 6 nitrogen and oxygen atoms in total.